The highest BCUT2D eigenvalue weighted by Gasteiger charge is 2.05. The van der Waals surface area contributed by atoms with Crippen LogP contribution in [0.5, 0.6) is 0 Å². The van der Waals surface area contributed by atoms with E-state index < -0.39 is 0 Å². The molecule has 0 unspecified atom stereocenters. The maximum atomic E-state index is 5.63. The predicted molar refractivity (Wildman–Crippen MR) is 73.5 cm³/mol. The largest absolute Gasteiger partial charge is 0.467 e. The van der Waals surface area contributed by atoms with Crippen LogP contribution in [-0.4, -0.2) is 38.7 Å². The van der Waals surface area contributed by atoms with E-state index >= 15 is 0 Å². The summed E-state index contributed by atoms with van der Waals surface area (Å²) in [7, 11) is 4.15. The zero-order valence-corrected chi connectivity index (χ0v) is 11.9. The van der Waals surface area contributed by atoms with E-state index in [-0.39, 0.29) is 0 Å². The van der Waals surface area contributed by atoms with Crippen molar-refractivity contribution in [1.82, 2.24) is 10.2 Å². The van der Waals surface area contributed by atoms with Gasteiger partial charge in [-0.05, 0) is 46.1 Å². The van der Waals surface area contributed by atoms with Crippen LogP contribution in [0.4, 0.5) is 0 Å². The Labute approximate surface area is 110 Å². The third-order valence-corrected chi connectivity index (χ3v) is 2.71. The first-order valence-electron chi connectivity index (χ1n) is 6.72. The molecule has 1 heterocycles. The Bertz CT molecular complexity index is 310. The number of rotatable bonds is 10. The van der Waals surface area contributed by atoms with Crippen LogP contribution in [0.2, 0.25) is 0 Å². The minimum atomic E-state index is 0.573. The first-order chi connectivity index (χ1) is 8.74. The van der Waals surface area contributed by atoms with Crippen molar-refractivity contribution in [3.63, 3.8) is 0 Å². The van der Waals surface area contributed by atoms with Gasteiger partial charge in [0.25, 0.3) is 0 Å². The highest BCUT2D eigenvalue weighted by molar-refractivity contribution is 5.16. The fourth-order valence-corrected chi connectivity index (χ4v) is 1.70. The van der Waals surface area contributed by atoms with Gasteiger partial charge in [-0.2, -0.15) is 0 Å². The summed E-state index contributed by atoms with van der Waals surface area (Å²) < 4.78 is 11.1. The summed E-state index contributed by atoms with van der Waals surface area (Å²) in [4.78, 5) is 2.16. The van der Waals surface area contributed by atoms with Gasteiger partial charge in [0.1, 0.15) is 12.4 Å². The zero-order chi connectivity index (χ0) is 13.2. The number of hydrogen-bond donors (Lipinski definition) is 1. The lowest BCUT2D eigenvalue weighted by Gasteiger charge is -2.09. The number of hydrogen-bond acceptors (Lipinski definition) is 4. The van der Waals surface area contributed by atoms with E-state index in [9.17, 15) is 0 Å². The van der Waals surface area contributed by atoms with Crippen molar-refractivity contribution < 1.29 is 9.15 Å². The van der Waals surface area contributed by atoms with E-state index in [4.69, 9.17) is 9.15 Å². The molecule has 0 radical (unpaired) electrons. The van der Waals surface area contributed by atoms with E-state index in [0.717, 1.165) is 44.8 Å². The highest BCUT2D eigenvalue weighted by atomic mass is 16.5. The number of ether oxygens (including phenoxy) is 1. The molecule has 0 aliphatic carbocycles. The fraction of sp³-hybridized carbons (Fsp3) is 0.714. The summed E-state index contributed by atoms with van der Waals surface area (Å²) >= 11 is 0. The Hall–Kier alpha value is -0.840. The van der Waals surface area contributed by atoms with Crippen LogP contribution in [0, 0.1) is 0 Å². The lowest BCUT2D eigenvalue weighted by Crippen LogP contribution is -2.15. The molecular weight excluding hydrogens is 228 g/mol. The van der Waals surface area contributed by atoms with E-state index in [1.54, 1.807) is 6.26 Å². The Kier molecular flexibility index (Phi) is 7.73. The Balaban J connectivity index is 2.19. The van der Waals surface area contributed by atoms with E-state index in [1.165, 1.54) is 5.56 Å². The van der Waals surface area contributed by atoms with Crippen molar-refractivity contribution in [3.05, 3.63) is 23.7 Å². The molecule has 0 fully saturated rings. The van der Waals surface area contributed by atoms with Gasteiger partial charge in [-0.3, -0.25) is 0 Å². The van der Waals surface area contributed by atoms with E-state index in [1.807, 2.05) is 6.07 Å². The standard InChI is InChI=1S/C14H26N2O2/c1-4-7-15-11-13-6-10-18-14(13)12-17-9-5-8-16(2)3/h6,10,15H,4-5,7-9,11-12H2,1-3H3. The minimum Gasteiger partial charge on any atom is -0.467 e. The van der Waals surface area contributed by atoms with Gasteiger partial charge in [-0.15, -0.1) is 0 Å². The maximum Gasteiger partial charge on any atom is 0.133 e. The van der Waals surface area contributed by atoms with Gasteiger partial charge in [0.15, 0.2) is 0 Å². The second kappa shape index (κ2) is 9.14. The van der Waals surface area contributed by atoms with Crippen LogP contribution in [-0.2, 0) is 17.9 Å². The quantitative estimate of drug-likeness (QED) is 0.650. The topological polar surface area (TPSA) is 37.6 Å². The molecule has 0 spiro atoms. The van der Waals surface area contributed by atoms with Crippen LogP contribution in [0.25, 0.3) is 0 Å². The molecule has 1 aromatic rings. The SMILES string of the molecule is CCCNCc1ccoc1COCCCN(C)C. The molecule has 0 aliphatic rings. The van der Waals surface area contributed by atoms with E-state index in [0.29, 0.717) is 6.61 Å². The smallest absolute Gasteiger partial charge is 0.133 e. The van der Waals surface area contributed by atoms with Crippen molar-refractivity contribution in [3.8, 4) is 0 Å². The molecule has 0 aromatic carbocycles. The van der Waals surface area contributed by atoms with Gasteiger partial charge in [0, 0.05) is 18.7 Å². The average Bonchev–Trinajstić information content (AvgIpc) is 2.76. The number of nitrogens with one attached hydrogen (secondary N) is 1. The zero-order valence-electron chi connectivity index (χ0n) is 11.9. The molecular formula is C14H26N2O2. The fourth-order valence-electron chi connectivity index (χ4n) is 1.70. The van der Waals surface area contributed by atoms with Crippen LogP contribution >= 0.6 is 0 Å². The molecule has 4 nitrogen and oxygen atoms in total. The van der Waals surface area contributed by atoms with Crippen LogP contribution in [0.15, 0.2) is 16.7 Å². The lowest BCUT2D eigenvalue weighted by atomic mass is 10.2. The van der Waals surface area contributed by atoms with Crippen molar-refractivity contribution >= 4 is 0 Å². The first kappa shape index (κ1) is 15.2. The summed E-state index contributed by atoms with van der Waals surface area (Å²) in [6, 6.07) is 2.02. The molecule has 18 heavy (non-hydrogen) atoms. The first-order valence-corrected chi connectivity index (χ1v) is 6.72. The minimum absolute atomic E-state index is 0.573. The molecule has 104 valence electrons. The molecule has 0 bridgehead atoms. The molecule has 0 saturated heterocycles. The molecule has 4 heteroatoms. The molecule has 0 amide bonds. The molecule has 1 aromatic heterocycles. The molecule has 0 atom stereocenters. The molecule has 1 N–H and O–H groups in total. The molecule has 1 rings (SSSR count). The van der Waals surface area contributed by atoms with Gasteiger partial charge >= 0.3 is 0 Å². The van der Waals surface area contributed by atoms with Gasteiger partial charge < -0.3 is 19.4 Å². The highest BCUT2D eigenvalue weighted by Crippen LogP contribution is 2.11. The Morgan fingerprint density at radius 2 is 2.22 bits per heavy atom. The maximum absolute atomic E-state index is 5.63. The number of furan rings is 1. The van der Waals surface area contributed by atoms with Crippen LogP contribution in [0.1, 0.15) is 31.1 Å². The summed E-state index contributed by atoms with van der Waals surface area (Å²) in [6.07, 6.45) is 3.94. The molecule has 0 saturated carbocycles. The van der Waals surface area contributed by atoms with Gasteiger partial charge in [0.2, 0.25) is 0 Å². The summed E-state index contributed by atoms with van der Waals surface area (Å²) in [5.41, 5.74) is 1.20. The second-order valence-corrected chi connectivity index (χ2v) is 4.76. The summed E-state index contributed by atoms with van der Waals surface area (Å²) in [5, 5.41) is 3.37. The number of nitrogens with zero attached hydrogens (tertiary/aromatic N) is 1. The van der Waals surface area contributed by atoms with Crippen molar-refractivity contribution in [2.45, 2.75) is 32.9 Å². The Morgan fingerprint density at radius 3 is 2.94 bits per heavy atom. The van der Waals surface area contributed by atoms with E-state index in [2.05, 4.69) is 31.2 Å². The summed E-state index contributed by atoms with van der Waals surface area (Å²) in [6.45, 7) is 6.47. The Morgan fingerprint density at radius 1 is 1.39 bits per heavy atom. The van der Waals surface area contributed by atoms with Gasteiger partial charge in [-0.25, -0.2) is 0 Å². The monoisotopic (exact) mass is 254 g/mol. The predicted octanol–water partition coefficient (Wildman–Crippen LogP) is 2.25. The molecule has 0 aliphatic heterocycles. The van der Waals surface area contributed by atoms with Gasteiger partial charge in [0.05, 0.1) is 6.26 Å². The van der Waals surface area contributed by atoms with Crippen LogP contribution in [0.3, 0.4) is 0 Å². The van der Waals surface area contributed by atoms with Crippen molar-refractivity contribution in [2.75, 3.05) is 33.8 Å². The second-order valence-electron chi connectivity index (χ2n) is 4.76. The average molecular weight is 254 g/mol. The third kappa shape index (κ3) is 6.19. The van der Waals surface area contributed by atoms with Crippen molar-refractivity contribution in [2.24, 2.45) is 0 Å². The third-order valence-electron chi connectivity index (χ3n) is 2.71. The van der Waals surface area contributed by atoms with Crippen LogP contribution < -0.4 is 5.32 Å². The normalized spacial score (nSPS) is 11.3. The summed E-state index contributed by atoms with van der Waals surface area (Å²) in [5.74, 6) is 0.948. The lowest BCUT2D eigenvalue weighted by molar-refractivity contribution is 0.0986. The van der Waals surface area contributed by atoms with Gasteiger partial charge in [-0.1, -0.05) is 6.92 Å². The van der Waals surface area contributed by atoms with Crippen molar-refractivity contribution in [1.29, 1.82) is 0 Å².